The normalized spacial score (nSPS) is 12.2. The maximum Gasteiger partial charge on any atom is 0.265 e. The lowest BCUT2D eigenvalue weighted by atomic mass is 10.2. The van der Waals surface area contributed by atoms with Crippen molar-refractivity contribution in [3.05, 3.63) is 41.2 Å². The summed E-state index contributed by atoms with van der Waals surface area (Å²) in [6, 6.07) is 6.04. The van der Waals surface area contributed by atoms with E-state index in [4.69, 9.17) is 5.11 Å². The molecule has 0 bridgehead atoms. The molecule has 1 atom stereocenters. The van der Waals surface area contributed by atoms with E-state index in [2.05, 4.69) is 4.98 Å². The highest BCUT2D eigenvalue weighted by molar-refractivity contribution is 7.16. The van der Waals surface area contributed by atoms with Crippen LogP contribution in [0.1, 0.15) is 16.6 Å². The molecule has 2 aromatic rings. The van der Waals surface area contributed by atoms with Crippen LogP contribution in [-0.2, 0) is 0 Å². The fourth-order valence-electron chi connectivity index (χ4n) is 1.63. The first-order chi connectivity index (χ1) is 9.54. The first-order valence-electron chi connectivity index (χ1n) is 6.13. The van der Waals surface area contributed by atoms with Gasteiger partial charge in [-0.05, 0) is 19.1 Å². The number of aliphatic hydroxyl groups is 1. The number of likely N-dealkylation sites (N-methyl/N-ethyl adjacent to an activating group) is 1. The number of thiazole rings is 1. The summed E-state index contributed by atoms with van der Waals surface area (Å²) < 4.78 is 13.7. The van der Waals surface area contributed by atoms with Gasteiger partial charge >= 0.3 is 0 Å². The quantitative estimate of drug-likeness (QED) is 0.942. The lowest BCUT2D eigenvalue weighted by molar-refractivity contribution is 0.0687. The summed E-state index contributed by atoms with van der Waals surface area (Å²) in [7, 11) is 1.62. The van der Waals surface area contributed by atoms with Gasteiger partial charge in [-0.15, -0.1) is 11.3 Å². The molecule has 1 aromatic heterocycles. The van der Waals surface area contributed by atoms with Gasteiger partial charge in [0.2, 0.25) is 0 Å². The number of carbonyl (C=O) groups excluding carboxylic acids is 1. The Bertz CT molecular complexity index is 615. The summed E-state index contributed by atoms with van der Waals surface area (Å²) in [6.45, 7) is 1.64. The van der Waals surface area contributed by atoms with E-state index in [1.165, 1.54) is 17.2 Å². The molecule has 1 unspecified atom stereocenters. The largest absolute Gasteiger partial charge is 0.394 e. The summed E-state index contributed by atoms with van der Waals surface area (Å²) in [6.07, 6.45) is 1.44. The van der Waals surface area contributed by atoms with Crippen LogP contribution in [0.15, 0.2) is 30.5 Å². The molecule has 1 heterocycles. The minimum absolute atomic E-state index is 0.110. The number of amides is 1. The first-order valence-corrected chi connectivity index (χ1v) is 6.95. The van der Waals surface area contributed by atoms with Crippen LogP contribution < -0.4 is 0 Å². The number of nitrogens with zero attached hydrogens (tertiary/aromatic N) is 2. The number of benzene rings is 1. The van der Waals surface area contributed by atoms with Gasteiger partial charge in [0.05, 0.1) is 18.8 Å². The van der Waals surface area contributed by atoms with E-state index in [1.54, 1.807) is 32.2 Å². The van der Waals surface area contributed by atoms with E-state index in [0.717, 1.165) is 11.3 Å². The van der Waals surface area contributed by atoms with Crippen molar-refractivity contribution in [2.75, 3.05) is 13.7 Å². The Hall–Kier alpha value is -1.79. The maximum atomic E-state index is 13.7. The summed E-state index contributed by atoms with van der Waals surface area (Å²) in [5.74, 6) is -0.593. The minimum Gasteiger partial charge on any atom is -0.394 e. The average Bonchev–Trinajstić information content (AvgIpc) is 2.94. The van der Waals surface area contributed by atoms with E-state index < -0.39 is 0 Å². The maximum absolute atomic E-state index is 13.7. The third-order valence-corrected chi connectivity index (χ3v) is 4.09. The van der Waals surface area contributed by atoms with Crippen molar-refractivity contribution in [2.45, 2.75) is 13.0 Å². The number of aliphatic hydroxyl groups excluding tert-OH is 1. The Balaban J connectivity index is 2.26. The monoisotopic (exact) mass is 294 g/mol. The molecule has 106 valence electrons. The van der Waals surface area contributed by atoms with Crippen molar-refractivity contribution < 1.29 is 14.3 Å². The van der Waals surface area contributed by atoms with Crippen LogP contribution in [0.5, 0.6) is 0 Å². The summed E-state index contributed by atoms with van der Waals surface area (Å²) >= 11 is 1.14. The smallest absolute Gasteiger partial charge is 0.265 e. The zero-order chi connectivity index (χ0) is 14.7. The first kappa shape index (κ1) is 14.6. The highest BCUT2D eigenvalue weighted by Crippen LogP contribution is 2.27. The molecule has 1 N–H and O–H groups in total. The highest BCUT2D eigenvalue weighted by Gasteiger charge is 2.20. The molecule has 0 aliphatic heterocycles. The van der Waals surface area contributed by atoms with Crippen molar-refractivity contribution in [1.29, 1.82) is 0 Å². The van der Waals surface area contributed by atoms with Crippen molar-refractivity contribution in [3.63, 3.8) is 0 Å². The van der Waals surface area contributed by atoms with Crippen LogP contribution in [0.25, 0.3) is 10.6 Å². The Morgan fingerprint density at radius 1 is 1.50 bits per heavy atom. The van der Waals surface area contributed by atoms with Crippen LogP contribution in [-0.4, -0.2) is 40.6 Å². The zero-order valence-electron chi connectivity index (χ0n) is 11.2. The van der Waals surface area contributed by atoms with Crippen LogP contribution in [0.2, 0.25) is 0 Å². The molecule has 20 heavy (non-hydrogen) atoms. The van der Waals surface area contributed by atoms with Crippen molar-refractivity contribution in [1.82, 2.24) is 9.88 Å². The number of rotatable bonds is 4. The molecule has 0 saturated carbocycles. The van der Waals surface area contributed by atoms with Gasteiger partial charge in [0, 0.05) is 12.6 Å². The van der Waals surface area contributed by atoms with E-state index in [1.807, 2.05) is 0 Å². The second-order valence-electron chi connectivity index (χ2n) is 4.46. The predicted octanol–water partition coefficient (Wildman–Crippen LogP) is 2.40. The van der Waals surface area contributed by atoms with Gasteiger partial charge in [-0.1, -0.05) is 12.1 Å². The van der Waals surface area contributed by atoms with Crippen molar-refractivity contribution in [2.24, 2.45) is 0 Å². The van der Waals surface area contributed by atoms with Crippen LogP contribution in [0.4, 0.5) is 4.39 Å². The van der Waals surface area contributed by atoms with Gasteiger partial charge in [-0.2, -0.15) is 0 Å². The lowest BCUT2D eigenvalue weighted by Gasteiger charge is -2.22. The molecule has 0 saturated heterocycles. The fourth-order valence-corrected chi connectivity index (χ4v) is 2.55. The molecule has 0 fully saturated rings. The molecule has 4 nitrogen and oxygen atoms in total. The third kappa shape index (κ3) is 2.86. The van der Waals surface area contributed by atoms with E-state index in [9.17, 15) is 9.18 Å². The topological polar surface area (TPSA) is 53.4 Å². The van der Waals surface area contributed by atoms with E-state index in [0.29, 0.717) is 15.4 Å². The molecule has 0 aliphatic carbocycles. The van der Waals surface area contributed by atoms with Gasteiger partial charge in [-0.25, -0.2) is 9.37 Å². The Labute approximate surface area is 120 Å². The molecule has 1 aromatic carbocycles. The van der Waals surface area contributed by atoms with Gasteiger partial charge in [0.15, 0.2) is 0 Å². The second-order valence-corrected chi connectivity index (χ2v) is 5.49. The standard InChI is InChI=1S/C14H15FN2O2S/c1-9(8-18)17(2)14(19)12-7-16-13(20-12)10-5-3-4-6-11(10)15/h3-7,9,18H,8H2,1-2H3. The van der Waals surface area contributed by atoms with Crippen molar-refractivity contribution >= 4 is 17.2 Å². The molecule has 1 amide bonds. The van der Waals surface area contributed by atoms with E-state index in [-0.39, 0.29) is 24.4 Å². The van der Waals surface area contributed by atoms with Gasteiger partial charge in [0.25, 0.3) is 5.91 Å². The SMILES string of the molecule is CC(CO)N(C)C(=O)c1cnc(-c2ccccc2F)s1. The number of aromatic nitrogens is 1. The Morgan fingerprint density at radius 3 is 2.85 bits per heavy atom. The molecule has 0 radical (unpaired) electrons. The van der Waals surface area contributed by atoms with Gasteiger partial charge < -0.3 is 10.0 Å². The third-order valence-electron chi connectivity index (χ3n) is 3.07. The minimum atomic E-state index is -0.363. The highest BCUT2D eigenvalue weighted by atomic mass is 32.1. The molecule has 2 rings (SSSR count). The van der Waals surface area contributed by atoms with Crippen LogP contribution >= 0.6 is 11.3 Å². The number of hydrogen-bond donors (Lipinski definition) is 1. The lowest BCUT2D eigenvalue weighted by Crippen LogP contribution is -2.36. The van der Waals surface area contributed by atoms with E-state index >= 15 is 0 Å². The number of halogens is 1. The van der Waals surface area contributed by atoms with Crippen molar-refractivity contribution in [3.8, 4) is 10.6 Å². The molecular formula is C14H15FN2O2S. The Morgan fingerprint density at radius 2 is 2.20 bits per heavy atom. The average molecular weight is 294 g/mol. The number of hydrogen-bond acceptors (Lipinski definition) is 4. The molecule has 6 heteroatoms. The molecule has 0 spiro atoms. The fraction of sp³-hybridized carbons (Fsp3) is 0.286. The predicted molar refractivity (Wildman–Crippen MR) is 76.1 cm³/mol. The van der Waals surface area contributed by atoms with Crippen LogP contribution in [0.3, 0.4) is 0 Å². The Kier molecular flexibility index (Phi) is 4.46. The van der Waals surface area contributed by atoms with Gasteiger partial charge in [-0.3, -0.25) is 4.79 Å². The summed E-state index contributed by atoms with van der Waals surface area (Å²) in [5, 5.41) is 9.53. The zero-order valence-corrected chi connectivity index (χ0v) is 12.0. The molecular weight excluding hydrogens is 279 g/mol. The van der Waals surface area contributed by atoms with Gasteiger partial charge in [0.1, 0.15) is 15.7 Å². The summed E-state index contributed by atoms with van der Waals surface area (Å²) in [5.41, 5.74) is 0.384. The number of carbonyl (C=O) groups is 1. The molecule has 0 aliphatic rings. The van der Waals surface area contributed by atoms with Crippen LogP contribution in [0, 0.1) is 5.82 Å². The second kappa shape index (κ2) is 6.11. The summed E-state index contributed by atoms with van der Waals surface area (Å²) in [4.78, 5) is 18.1.